The van der Waals surface area contributed by atoms with E-state index in [1.54, 1.807) is 36.4 Å². The molecule has 0 bridgehead atoms. The molecule has 0 spiro atoms. The van der Waals surface area contributed by atoms with Gasteiger partial charge in [-0.1, -0.05) is 18.2 Å². The van der Waals surface area contributed by atoms with Gasteiger partial charge in [0.15, 0.2) is 11.5 Å². The number of carboxylic acids is 1. The Labute approximate surface area is 238 Å². The summed E-state index contributed by atoms with van der Waals surface area (Å²) in [6, 6.07) is 11.2. The third kappa shape index (κ3) is 5.92. The van der Waals surface area contributed by atoms with Crippen molar-refractivity contribution in [2.75, 3.05) is 18.7 Å². The van der Waals surface area contributed by atoms with Crippen molar-refractivity contribution in [2.24, 2.45) is 11.0 Å². The van der Waals surface area contributed by atoms with E-state index < -0.39 is 17.5 Å². The summed E-state index contributed by atoms with van der Waals surface area (Å²) < 4.78 is 18.1. The highest BCUT2D eigenvalue weighted by Crippen LogP contribution is 2.44. The summed E-state index contributed by atoms with van der Waals surface area (Å²) in [4.78, 5) is 35.5. The number of rotatable bonds is 9. The van der Waals surface area contributed by atoms with Crippen molar-refractivity contribution in [3.63, 3.8) is 0 Å². The molecule has 3 aromatic rings. The molecule has 1 aliphatic heterocycles. The molecule has 0 saturated carbocycles. The van der Waals surface area contributed by atoms with Gasteiger partial charge >= 0.3 is 5.97 Å². The number of aromatic carboxylic acids is 1. The Balaban J connectivity index is 1.47. The van der Waals surface area contributed by atoms with Gasteiger partial charge in [-0.25, -0.2) is 15.6 Å². The molecule has 1 unspecified atom stereocenters. The number of nitrogens with two attached hydrogens (primary N) is 1. The zero-order chi connectivity index (χ0) is 29.9. The van der Waals surface area contributed by atoms with Crippen molar-refractivity contribution in [3.8, 4) is 17.2 Å². The van der Waals surface area contributed by atoms with E-state index in [-0.39, 0.29) is 17.9 Å². The number of methoxy groups -OCH3 is 1. The average Bonchev–Trinajstić information content (AvgIpc) is 2.97. The lowest BCUT2D eigenvalue weighted by Crippen LogP contribution is -2.42. The molecule has 41 heavy (non-hydrogen) atoms. The third-order valence-electron chi connectivity index (χ3n) is 7.45. The third-order valence-corrected chi connectivity index (χ3v) is 7.45. The molecule has 3 aromatic carbocycles. The molecule has 0 aromatic heterocycles. The number of hydrogen-bond donors (Lipinski definition) is 2. The van der Waals surface area contributed by atoms with Crippen LogP contribution in [0.25, 0.3) is 6.08 Å². The average molecular weight is 560 g/mol. The maximum Gasteiger partial charge on any atom is 0.337 e. The van der Waals surface area contributed by atoms with Crippen molar-refractivity contribution >= 4 is 29.3 Å². The zero-order valence-corrected chi connectivity index (χ0v) is 23.7. The second-order valence-electron chi connectivity index (χ2n) is 10.2. The van der Waals surface area contributed by atoms with Gasteiger partial charge in [-0.15, -0.1) is 4.91 Å². The second kappa shape index (κ2) is 11.8. The molecule has 0 fully saturated rings. The highest BCUT2D eigenvalue weighted by molar-refractivity contribution is 6.06. The predicted molar refractivity (Wildman–Crippen MR) is 156 cm³/mol. The molecule has 10 nitrogen and oxygen atoms in total. The van der Waals surface area contributed by atoms with Crippen LogP contribution in [0.15, 0.2) is 53.7 Å². The van der Waals surface area contributed by atoms with Crippen molar-refractivity contribution in [2.45, 2.75) is 46.1 Å². The van der Waals surface area contributed by atoms with Gasteiger partial charge in [0.2, 0.25) is 0 Å². The SMILES string of the molecule is COc1cc(/C=C/C(=O)N(N)c2ccccc2C(=O)O)ccc1OCC1(C)CCc2c(C)c(N=O)c(C)c(C)c2O1. The van der Waals surface area contributed by atoms with Gasteiger partial charge in [0.25, 0.3) is 5.91 Å². The van der Waals surface area contributed by atoms with Crippen LogP contribution in [0, 0.1) is 25.7 Å². The molecular formula is C31H33N3O7. The Morgan fingerprint density at radius 3 is 2.54 bits per heavy atom. The minimum atomic E-state index is -1.19. The molecule has 1 atom stereocenters. The maximum atomic E-state index is 12.6. The van der Waals surface area contributed by atoms with Crippen LogP contribution in [0.1, 0.15) is 51.5 Å². The number of amides is 1. The van der Waals surface area contributed by atoms with E-state index in [0.717, 1.165) is 39.4 Å². The minimum Gasteiger partial charge on any atom is -0.493 e. The van der Waals surface area contributed by atoms with E-state index in [1.165, 1.54) is 25.3 Å². The van der Waals surface area contributed by atoms with Crippen LogP contribution >= 0.6 is 0 Å². The molecule has 0 saturated heterocycles. The van der Waals surface area contributed by atoms with Crippen molar-refractivity contribution in [1.29, 1.82) is 0 Å². The number of anilines is 1. The topological polar surface area (TPSA) is 141 Å². The minimum absolute atomic E-state index is 0.0813. The Morgan fingerprint density at radius 1 is 1.12 bits per heavy atom. The first-order valence-electron chi connectivity index (χ1n) is 13.0. The van der Waals surface area contributed by atoms with Crippen molar-refractivity contribution in [3.05, 3.63) is 86.8 Å². The fourth-order valence-corrected chi connectivity index (χ4v) is 4.90. The number of carbonyl (C=O) groups is 2. The number of hydrogen-bond acceptors (Lipinski definition) is 8. The smallest absolute Gasteiger partial charge is 0.337 e. The molecule has 1 aliphatic rings. The molecular weight excluding hydrogens is 526 g/mol. The van der Waals surface area contributed by atoms with Crippen LogP contribution in [0.5, 0.6) is 17.2 Å². The summed E-state index contributed by atoms with van der Waals surface area (Å²) in [5, 5.41) is 13.4. The second-order valence-corrected chi connectivity index (χ2v) is 10.2. The van der Waals surface area contributed by atoms with E-state index >= 15 is 0 Å². The normalized spacial score (nSPS) is 16.0. The molecule has 10 heteroatoms. The Kier molecular flexibility index (Phi) is 8.44. The largest absolute Gasteiger partial charge is 0.493 e. The number of nitrogens with zero attached hydrogens (tertiary/aromatic N) is 2. The van der Waals surface area contributed by atoms with Gasteiger partial charge in [-0.3, -0.25) is 4.79 Å². The Bertz CT molecular complexity index is 1550. The van der Waals surface area contributed by atoms with Crippen molar-refractivity contribution in [1.82, 2.24) is 0 Å². The van der Waals surface area contributed by atoms with Crippen LogP contribution in [0.3, 0.4) is 0 Å². The Morgan fingerprint density at radius 2 is 1.85 bits per heavy atom. The summed E-state index contributed by atoms with van der Waals surface area (Å²) in [7, 11) is 1.52. The van der Waals surface area contributed by atoms with Gasteiger partial charge in [0.05, 0.1) is 18.4 Å². The molecule has 4 rings (SSSR count). The van der Waals surface area contributed by atoms with Gasteiger partial charge in [0.1, 0.15) is 23.6 Å². The number of para-hydroxylation sites is 1. The Hall–Kier alpha value is -4.70. The van der Waals surface area contributed by atoms with Crippen LogP contribution in [0.4, 0.5) is 11.4 Å². The molecule has 3 N–H and O–H groups in total. The first-order chi connectivity index (χ1) is 19.5. The summed E-state index contributed by atoms with van der Waals surface area (Å²) in [6.45, 7) is 7.96. The number of ether oxygens (including phenoxy) is 3. The van der Waals surface area contributed by atoms with Gasteiger partial charge in [-0.2, -0.15) is 0 Å². The quantitative estimate of drug-likeness (QED) is 0.110. The zero-order valence-electron chi connectivity index (χ0n) is 23.7. The van der Waals surface area contributed by atoms with Crippen LogP contribution < -0.4 is 25.1 Å². The number of nitroso groups, excluding NO2 is 1. The number of hydrazine groups is 1. The number of carboxylic acid groups (broad SMARTS) is 1. The number of fused-ring (bicyclic) bond motifs is 1. The number of carbonyl (C=O) groups excluding carboxylic acids is 1. The predicted octanol–water partition coefficient (Wildman–Crippen LogP) is 5.80. The van der Waals surface area contributed by atoms with E-state index in [1.807, 2.05) is 27.7 Å². The fraction of sp³-hybridized carbons (Fsp3) is 0.290. The first-order valence-corrected chi connectivity index (χ1v) is 13.0. The lowest BCUT2D eigenvalue weighted by molar-refractivity contribution is -0.114. The highest BCUT2D eigenvalue weighted by atomic mass is 16.6. The summed E-state index contributed by atoms with van der Waals surface area (Å²) in [5.41, 5.74) is 4.10. The lowest BCUT2D eigenvalue weighted by Gasteiger charge is -2.37. The number of benzene rings is 3. The van der Waals surface area contributed by atoms with E-state index in [0.29, 0.717) is 29.2 Å². The van der Waals surface area contributed by atoms with Gasteiger partial charge < -0.3 is 19.3 Å². The first kappa shape index (κ1) is 29.3. The summed E-state index contributed by atoms with van der Waals surface area (Å²) >= 11 is 0. The molecule has 0 aliphatic carbocycles. The van der Waals surface area contributed by atoms with Gasteiger partial charge in [0, 0.05) is 6.08 Å². The summed E-state index contributed by atoms with van der Waals surface area (Å²) in [6.07, 6.45) is 4.22. The van der Waals surface area contributed by atoms with Crippen molar-refractivity contribution < 1.29 is 28.9 Å². The molecule has 1 heterocycles. The molecule has 1 amide bonds. The molecule has 0 radical (unpaired) electrons. The summed E-state index contributed by atoms with van der Waals surface area (Å²) in [5.74, 6) is 5.87. The van der Waals surface area contributed by atoms with Crippen LogP contribution in [-0.2, 0) is 11.2 Å². The van der Waals surface area contributed by atoms with Crippen LogP contribution in [0.2, 0.25) is 0 Å². The highest BCUT2D eigenvalue weighted by Gasteiger charge is 2.36. The maximum absolute atomic E-state index is 12.6. The monoisotopic (exact) mass is 559 g/mol. The van der Waals surface area contributed by atoms with E-state index in [2.05, 4.69) is 5.18 Å². The van der Waals surface area contributed by atoms with E-state index in [9.17, 15) is 19.6 Å². The fourth-order valence-electron chi connectivity index (χ4n) is 4.90. The van der Waals surface area contributed by atoms with Crippen LogP contribution in [-0.4, -0.2) is 36.3 Å². The lowest BCUT2D eigenvalue weighted by atomic mass is 9.87. The van der Waals surface area contributed by atoms with Gasteiger partial charge in [-0.05, 0) is 104 Å². The standard InChI is InChI=1S/C31H33N3O7/c1-18-19(2)29-22(20(3)28(18)33-38)14-15-31(4,41-29)17-40-25-12-10-21(16-26(25)39-5)11-13-27(35)34(32)24-9-7-6-8-23(24)30(36)37/h6-13,16H,14-15,17,32H2,1-5H3,(H,36,37)/b13-11+. The van der Waals surface area contributed by atoms with E-state index in [4.69, 9.17) is 20.1 Å². The molecule has 214 valence electrons.